The lowest BCUT2D eigenvalue weighted by atomic mass is 10.1. The van der Waals surface area contributed by atoms with Crippen LogP contribution in [-0.4, -0.2) is 6.61 Å². The molecular formula is C13H13NOS. The molecule has 0 bridgehead atoms. The van der Waals surface area contributed by atoms with Crippen LogP contribution in [0.2, 0.25) is 0 Å². The van der Waals surface area contributed by atoms with Crippen LogP contribution >= 0.6 is 11.3 Å². The lowest BCUT2D eigenvalue weighted by Crippen LogP contribution is -2.21. The van der Waals surface area contributed by atoms with Crippen molar-refractivity contribution in [3.63, 3.8) is 0 Å². The maximum absolute atomic E-state index is 5.62. The second-order valence-corrected chi connectivity index (χ2v) is 4.89. The number of hydrogen-bond acceptors (Lipinski definition) is 3. The number of hydrogen-bond donors (Lipinski definition) is 1. The second kappa shape index (κ2) is 4.28. The lowest BCUT2D eigenvalue weighted by Gasteiger charge is -2.10. The summed E-state index contributed by atoms with van der Waals surface area (Å²) in [5.41, 5.74) is 1.28. The molecule has 3 heteroatoms. The van der Waals surface area contributed by atoms with Gasteiger partial charge >= 0.3 is 0 Å². The van der Waals surface area contributed by atoms with Crippen molar-refractivity contribution < 1.29 is 4.74 Å². The van der Waals surface area contributed by atoms with Gasteiger partial charge in [-0.05, 0) is 17.5 Å². The first-order chi connectivity index (χ1) is 7.93. The van der Waals surface area contributed by atoms with Crippen LogP contribution in [0.15, 0.2) is 41.8 Å². The molecule has 1 atom stereocenters. The van der Waals surface area contributed by atoms with Gasteiger partial charge in [-0.15, -0.1) is 11.3 Å². The van der Waals surface area contributed by atoms with Gasteiger partial charge in [0.15, 0.2) is 0 Å². The van der Waals surface area contributed by atoms with Crippen molar-refractivity contribution in [2.24, 2.45) is 0 Å². The SMILES string of the molecule is c1csc(CNC2COc3ccccc32)c1. The average Bonchev–Trinajstić information content (AvgIpc) is 2.96. The number of fused-ring (bicyclic) bond motifs is 1. The molecule has 0 spiro atoms. The van der Waals surface area contributed by atoms with Crippen LogP contribution in [0.3, 0.4) is 0 Å². The second-order valence-electron chi connectivity index (χ2n) is 3.86. The van der Waals surface area contributed by atoms with Gasteiger partial charge in [-0.1, -0.05) is 24.3 Å². The van der Waals surface area contributed by atoms with Crippen LogP contribution in [0, 0.1) is 0 Å². The van der Waals surface area contributed by atoms with E-state index in [2.05, 4.69) is 35.0 Å². The molecule has 3 rings (SSSR count). The van der Waals surface area contributed by atoms with E-state index in [0.717, 1.165) is 18.9 Å². The zero-order valence-electron chi connectivity index (χ0n) is 8.85. The number of rotatable bonds is 3. The molecule has 2 heterocycles. The minimum absolute atomic E-state index is 0.332. The van der Waals surface area contributed by atoms with Gasteiger partial charge in [-0.25, -0.2) is 0 Å². The van der Waals surface area contributed by atoms with E-state index in [0.29, 0.717) is 6.04 Å². The summed E-state index contributed by atoms with van der Waals surface area (Å²) < 4.78 is 5.62. The van der Waals surface area contributed by atoms with Crippen LogP contribution in [0.4, 0.5) is 0 Å². The number of para-hydroxylation sites is 1. The molecule has 2 nitrogen and oxygen atoms in total. The zero-order chi connectivity index (χ0) is 10.8. The van der Waals surface area contributed by atoms with Crippen LogP contribution in [0.5, 0.6) is 5.75 Å². The smallest absolute Gasteiger partial charge is 0.124 e. The molecular weight excluding hydrogens is 218 g/mol. The summed E-state index contributed by atoms with van der Waals surface area (Å²) in [6, 6.07) is 12.8. The van der Waals surface area contributed by atoms with Gasteiger partial charge in [-0.2, -0.15) is 0 Å². The minimum Gasteiger partial charge on any atom is -0.491 e. The number of ether oxygens (including phenoxy) is 1. The Hall–Kier alpha value is -1.32. The molecule has 1 N–H and O–H groups in total. The maximum Gasteiger partial charge on any atom is 0.124 e. The summed E-state index contributed by atoms with van der Waals surface area (Å²) in [7, 11) is 0. The molecule has 2 aromatic rings. The molecule has 0 amide bonds. The summed E-state index contributed by atoms with van der Waals surface area (Å²) in [6.45, 7) is 1.66. The van der Waals surface area contributed by atoms with E-state index in [1.165, 1.54) is 10.4 Å². The van der Waals surface area contributed by atoms with Gasteiger partial charge < -0.3 is 10.1 Å². The zero-order valence-corrected chi connectivity index (χ0v) is 9.67. The Morgan fingerprint density at radius 2 is 2.19 bits per heavy atom. The third-order valence-corrected chi connectivity index (χ3v) is 3.68. The van der Waals surface area contributed by atoms with Crippen LogP contribution < -0.4 is 10.1 Å². The van der Waals surface area contributed by atoms with Gasteiger partial charge in [0.25, 0.3) is 0 Å². The van der Waals surface area contributed by atoms with Crippen molar-refractivity contribution in [3.8, 4) is 5.75 Å². The Bertz CT molecular complexity index is 467. The van der Waals surface area contributed by atoms with Crippen LogP contribution in [0.25, 0.3) is 0 Å². The van der Waals surface area contributed by atoms with E-state index in [1.54, 1.807) is 11.3 Å². The molecule has 1 aromatic heterocycles. The van der Waals surface area contributed by atoms with Gasteiger partial charge in [0.05, 0.1) is 6.04 Å². The molecule has 0 saturated heterocycles. The van der Waals surface area contributed by atoms with Crippen LogP contribution in [-0.2, 0) is 6.54 Å². The van der Waals surface area contributed by atoms with Gasteiger partial charge in [0.2, 0.25) is 0 Å². The van der Waals surface area contributed by atoms with Crippen molar-refractivity contribution in [1.82, 2.24) is 5.32 Å². The monoisotopic (exact) mass is 231 g/mol. The summed E-state index contributed by atoms with van der Waals surface area (Å²) in [6.07, 6.45) is 0. The van der Waals surface area contributed by atoms with Crippen LogP contribution in [0.1, 0.15) is 16.5 Å². The molecule has 1 aliphatic rings. The van der Waals surface area contributed by atoms with Crippen molar-refractivity contribution in [3.05, 3.63) is 52.2 Å². The highest BCUT2D eigenvalue weighted by Crippen LogP contribution is 2.31. The van der Waals surface area contributed by atoms with Crippen molar-refractivity contribution in [2.45, 2.75) is 12.6 Å². The standard InChI is InChI=1S/C13H13NOS/c1-2-6-13-11(5-1)12(9-15-13)14-8-10-4-3-7-16-10/h1-7,12,14H,8-9H2. The predicted octanol–water partition coefficient (Wildman–Crippen LogP) is 2.97. The first-order valence-electron chi connectivity index (χ1n) is 5.41. The molecule has 1 unspecified atom stereocenters. The predicted molar refractivity (Wildman–Crippen MR) is 65.8 cm³/mol. The Morgan fingerprint density at radius 3 is 3.06 bits per heavy atom. The Kier molecular flexibility index (Phi) is 2.64. The van der Waals surface area contributed by atoms with Crippen molar-refractivity contribution >= 4 is 11.3 Å². The summed E-state index contributed by atoms with van der Waals surface area (Å²) in [5.74, 6) is 1.02. The van der Waals surface area contributed by atoms with E-state index in [1.807, 2.05) is 12.1 Å². The Morgan fingerprint density at radius 1 is 1.25 bits per heavy atom. The maximum atomic E-state index is 5.62. The van der Waals surface area contributed by atoms with E-state index < -0.39 is 0 Å². The first kappa shape index (κ1) is 9.87. The summed E-state index contributed by atoms with van der Waals surface area (Å²) in [4.78, 5) is 1.37. The third-order valence-electron chi connectivity index (χ3n) is 2.80. The summed E-state index contributed by atoms with van der Waals surface area (Å²) >= 11 is 1.78. The van der Waals surface area contributed by atoms with E-state index in [9.17, 15) is 0 Å². The Balaban J connectivity index is 1.69. The normalized spacial score (nSPS) is 18.1. The van der Waals surface area contributed by atoms with Crippen molar-refractivity contribution in [1.29, 1.82) is 0 Å². The molecule has 1 aliphatic heterocycles. The quantitative estimate of drug-likeness (QED) is 0.877. The van der Waals surface area contributed by atoms with Crippen molar-refractivity contribution in [2.75, 3.05) is 6.61 Å². The highest BCUT2D eigenvalue weighted by atomic mass is 32.1. The highest BCUT2D eigenvalue weighted by Gasteiger charge is 2.22. The molecule has 0 fully saturated rings. The fourth-order valence-electron chi connectivity index (χ4n) is 1.97. The average molecular weight is 231 g/mol. The number of benzene rings is 1. The fraction of sp³-hybridized carbons (Fsp3) is 0.231. The number of nitrogens with one attached hydrogen (secondary N) is 1. The van der Waals surface area contributed by atoms with Gasteiger partial charge in [-0.3, -0.25) is 0 Å². The molecule has 0 aliphatic carbocycles. The van der Waals surface area contributed by atoms with Gasteiger partial charge in [0.1, 0.15) is 12.4 Å². The molecule has 82 valence electrons. The fourth-order valence-corrected chi connectivity index (χ4v) is 2.62. The largest absolute Gasteiger partial charge is 0.491 e. The van der Waals surface area contributed by atoms with E-state index in [4.69, 9.17) is 4.74 Å². The molecule has 0 radical (unpaired) electrons. The number of thiophene rings is 1. The Labute approximate surface area is 98.9 Å². The highest BCUT2D eigenvalue weighted by molar-refractivity contribution is 7.09. The van der Waals surface area contributed by atoms with E-state index in [-0.39, 0.29) is 0 Å². The van der Waals surface area contributed by atoms with E-state index >= 15 is 0 Å². The first-order valence-corrected chi connectivity index (χ1v) is 6.29. The third kappa shape index (κ3) is 1.84. The summed E-state index contributed by atoms with van der Waals surface area (Å²) in [5, 5.41) is 5.63. The molecule has 0 saturated carbocycles. The lowest BCUT2D eigenvalue weighted by molar-refractivity contribution is 0.311. The minimum atomic E-state index is 0.332. The van der Waals surface area contributed by atoms with Gasteiger partial charge in [0, 0.05) is 17.0 Å². The molecule has 16 heavy (non-hydrogen) atoms. The molecule has 1 aromatic carbocycles. The topological polar surface area (TPSA) is 21.3 Å².